The lowest BCUT2D eigenvalue weighted by molar-refractivity contribution is -0.136. The molecule has 1 aromatic carbocycles. The van der Waals surface area contributed by atoms with Crippen LogP contribution in [0.4, 0.5) is 0 Å². The van der Waals surface area contributed by atoms with E-state index in [1.165, 1.54) is 0 Å². The number of carbonyl (C=O) groups is 1. The van der Waals surface area contributed by atoms with Gasteiger partial charge in [0, 0.05) is 23.9 Å². The van der Waals surface area contributed by atoms with E-state index in [0.29, 0.717) is 17.2 Å². The highest BCUT2D eigenvalue weighted by Gasteiger charge is 2.10. The second-order valence-electron chi connectivity index (χ2n) is 5.44. The summed E-state index contributed by atoms with van der Waals surface area (Å²) >= 11 is 0. The average molecular weight is 288 g/mol. The maximum atomic E-state index is 10.8. The van der Waals surface area contributed by atoms with Gasteiger partial charge in [-0.2, -0.15) is 5.10 Å². The maximum Gasteiger partial charge on any atom is 0.307 e. The van der Waals surface area contributed by atoms with Crippen LogP contribution in [0.3, 0.4) is 0 Å². The normalized spacial score (nSPS) is 10.9. The van der Waals surface area contributed by atoms with Gasteiger partial charge in [-0.25, -0.2) is 0 Å². The second kappa shape index (κ2) is 6.43. The third kappa shape index (κ3) is 3.84. The topological polar surface area (TPSA) is 64.4 Å². The number of methoxy groups -OCH3 is 1. The monoisotopic (exact) mass is 288 g/mol. The molecule has 1 heterocycles. The fourth-order valence-corrected chi connectivity index (χ4v) is 2.22. The lowest BCUT2D eigenvalue weighted by Gasteiger charge is -2.08. The number of carboxylic acid groups (broad SMARTS) is 1. The molecule has 0 aliphatic carbocycles. The zero-order chi connectivity index (χ0) is 15.4. The highest BCUT2D eigenvalue weighted by Crippen LogP contribution is 2.27. The molecule has 2 aromatic rings. The summed E-state index contributed by atoms with van der Waals surface area (Å²) in [6, 6.07) is 5.55. The van der Waals surface area contributed by atoms with Gasteiger partial charge in [-0.15, -0.1) is 0 Å². The molecule has 0 atom stereocenters. The fourth-order valence-electron chi connectivity index (χ4n) is 2.22. The first-order chi connectivity index (χ1) is 9.99. The summed E-state index contributed by atoms with van der Waals surface area (Å²) in [5, 5.41) is 13.2. The predicted molar refractivity (Wildman–Crippen MR) is 80.4 cm³/mol. The van der Waals surface area contributed by atoms with E-state index < -0.39 is 5.97 Å². The molecule has 112 valence electrons. The third-order valence-electron chi connectivity index (χ3n) is 3.15. The Labute approximate surface area is 124 Å². The zero-order valence-electron chi connectivity index (χ0n) is 12.5. The van der Waals surface area contributed by atoms with Crippen molar-refractivity contribution in [3.05, 3.63) is 36.2 Å². The van der Waals surface area contributed by atoms with Crippen molar-refractivity contribution in [3.8, 4) is 16.9 Å². The van der Waals surface area contributed by atoms with Crippen molar-refractivity contribution < 1.29 is 14.6 Å². The minimum atomic E-state index is -0.870. The molecule has 5 nitrogen and oxygen atoms in total. The molecule has 0 spiro atoms. The van der Waals surface area contributed by atoms with E-state index in [9.17, 15) is 4.79 Å². The largest absolute Gasteiger partial charge is 0.496 e. The molecule has 0 aliphatic heterocycles. The standard InChI is InChI=1S/C16H20N2O3/c1-11(2)9-18-10-14(8-17-18)12-4-5-13(7-16(19)20)15(6-12)21-3/h4-6,8,10-11H,7,9H2,1-3H3,(H,19,20). The van der Waals surface area contributed by atoms with E-state index >= 15 is 0 Å². The molecule has 2 rings (SSSR count). The number of aromatic nitrogens is 2. The predicted octanol–water partition coefficient (Wildman–Crippen LogP) is 2.84. The van der Waals surface area contributed by atoms with Crippen molar-refractivity contribution in [1.82, 2.24) is 9.78 Å². The van der Waals surface area contributed by atoms with Crippen molar-refractivity contribution in [3.63, 3.8) is 0 Å². The van der Waals surface area contributed by atoms with E-state index in [1.807, 2.05) is 29.2 Å². The highest BCUT2D eigenvalue weighted by molar-refractivity contribution is 5.73. The number of aliphatic carboxylic acids is 1. The molecule has 0 fully saturated rings. The van der Waals surface area contributed by atoms with Crippen molar-refractivity contribution in [2.45, 2.75) is 26.8 Å². The molecule has 1 N–H and O–H groups in total. The van der Waals surface area contributed by atoms with Crippen LogP contribution in [0.1, 0.15) is 19.4 Å². The molecule has 21 heavy (non-hydrogen) atoms. The van der Waals surface area contributed by atoms with Gasteiger partial charge in [0.15, 0.2) is 0 Å². The smallest absolute Gasteiger partial charge is 0.307 e. The van der Waals surface area contributed by atoms with Gasteiger partial charge < -0.3 is 9.84 Å². The van der Waals surface area contributed by atoms with Crippen molar-refractivity contribution >= 4 is 5.97 Å². The van der Waals surface area contributed by atoms with E-state index in [4.69, 9.17) is 9.84 Å². The minimum Gasteiger partial charge on any atom is -0.496 e. The summed E-state index contributed by atoms with van der Waals surface area (Å²) in [5.74, 6) is 0.252. The number of nitrogens with zero attached hydrogens (tertiary/aromatic N) is 2. The van der Waals surface area contributed by atoms with Gasteiger partial charge in [0.2, 0.25) is 0 Å². The number of benzene rings is 1. The maximum absolute atomic E-state index is 10.8. The average Bonchev–Trinajstić information content (AvgIpc) is 2.86. The Balaban J connectivity index is 2.27. The number of carboxylic acids is 1. The summed E-state index contributed by atoms with van der Waals surface area (Å²) in [5.41, 5.74) is 2.63. The van der Waals surface area contributed by atoms with Crippen LogP contribution in [-0.2, 0) is 17.8 Å². The molecule has 5 heteroatoms. The number of ether oxygens (including phenoxy) is 1. The molecule has 0 unspecified atom stereocenters. The van der Waals surface area contributed by atoms with Crippen LogP contribution < -0.4 is 4.74 Å². The van der Waals surface area contributed by atoms with Crippen LogP contribution >= 0.6 is 0 Å². The Bertz CT molecular complexity index is 632. The molecule has 0 saturated heterocycles. The molecular weight excluding hydrogens is 268 g/mol. The molecule has 0 radical (unpaired) electrons. The Kier molecular flexibility index (Phi) is 4.62. The summed E-state index contributed by atoms with van der Waals surface area (Å²) in [6.45, 7) is 5.16. The van der Waals surface area contributed by atoms with Crippen LogP contribution in [-0.4, -0.2) is 28.0 Å². The van der Waals surface area contributed by atoms with Crippen molar-refractivity contribution in [2.75, 3.05) is 7.11 Å². The summed E-state index contributed by atoms with van der Waals surface area (Å²) in [7, 11) is 1.55. The minimum absolute atomic E-state index is 0.0456. The quantitative estimate of drug-likeness (QED) is 0.887. The van der Waals surface area contributed by atoms with E-state index in [2.05, 4.69) is 18.9 Å². The first kappa shape index (κ1) is 15.1. The lowest BCUT2D eigenvalue weighted by Crippen LogP contribution is -2.04. The van der Waals surface area contributed by atoms with E-state index in [0.717, 1.165) is 17.7 Å². The molecule has 0 aliphatic rings. The van der Waals surface area contributed by atoms with Crippen LogP contribution in [0.25, 0.3) is 11.1 Å². The van der Waals surface area contributed by atoms with Crippen LogP contribution in [0.15, 0.2) is 30.6 Å². The molecular formula is C16H20N2O3. The summed E-state index contributed by atoms with van der Waals surface area (Å²) in [4.78, 5) is 10.8. The van der Waals surface area contributed by atoms with Gasteiger partial charge in [-0.1, -0.05) is 26.0 Å². The van der Waals surface area contributed by atoms with Gasteiger partial charge in [-0.3, -0.25) is 9.48 Å². The Morgan fingerprint density at radius 3 is 2.76 bits per heavy atom. The first-order valence-electron chi connectivity index (χ1n) is 6.91. The van der Waals surface area contributed by atoms with Gasteiger partial charge in [0.25, 0.3) is 0 Å². The highest BCUT2D eigenvalue weighted by atomic mass is 16.5. The van der Waals surface area contributed by atoms with Crippen molar-refractivity contribution in [1.29, 1.82) is 0 Å². The molecule has 0 bridgehead atoms. The van der Waals surface area contributed by atoms with Gasteiger partial charge in [0.05, 0.1) is 19.7 Å². The third-order valence-corrected chi connectivity index (χ3v) is 3.15. The first-order valence-corrected chi connectivity index (χ1v) is 6.91. The SMILES string of the molecule is COc1cc(-c2cnn(CC(C)C)c2)ccc1CC(=O)O. The second-order valence-corrected chi connectivity index (χ2v) is 5.44. The Morgan fingerprint density at radius 2 is 2.14 bits per heavy atom. The molecule has 1 aromatic heterocycles. The molecule has 0 saturated carbocycles. The number of hydrogen-bond acceptors (Lipinski definition) is 3. The van der Waals surface area contributed by atoms with Gasteiger partial charge in [0.1, 0.15) is 5.75 Å². The van der Waals surface area contributed by atoms with Crippen LogP contribution in [0.5, 0.6) is 5.75 Å². The van der Waals surface area contributed by atoms with Crippen LogP contribution in [0, 0.1) is 5.92 Å². The summed E-state index contributed by atoms with van der Waals surface area (Å²) in [6.07, 6.45) is 3.76. The van der Waals surface area contributed by atoms with Gasteiger partial charge in [-0.05, 0) is 17.5 Å². The van der Waals surface area contributed by atoms with Crippen molar-refractivity contribution in [2.24, 2.45) is 5.92 Å². The molecule has 0 amide bonds. The van der Waals surface area contributed by atoms with Crippen LogP contribution in [0.2, 0.25) is 0 Å². The Hall–Kier alpha value is -2.30. The number of hydrogen-bond donors (Lipinski definition) is 1. The zero-order valence-corrected chi connectivity index (χ0v) is 12.5. The van der Waals surface area contributed by atoms with Gasteiger partial charge >= 0.3 is 5.97 Å². The number of rotatable bonds is 6. The Morgan fingerprint density at radius 1 is 1.38 bits per heavy atom. The summed E-state index contributed by atoms with van der Waals surface area (Å²) < 4.78 is 7.20. The van der Waals surface area contributed by atoms with E-state index in [-0.39, 0.29) is 6.42 Å². The fraction of sp³-hybridized carbons (Fsp3) is 0.375. The van der Waals surface area contributed by atoms with E-state index in [1.54, 1.807) is 13.2 Å². The lowest BCUT2D eigenvalue weighted by atomic mass is 10.0.